The number of H-pyrrole nitrogens is 1. The van der Waals surface area contributed by atoms with Crippen LogP contribution in [0.1, 0.15) is 24.3 Å². The van der Waals surface area contributed by atoms with Crippen molar-refractivity contribution in [1.29, 1.82) is 0 Å². The molecule has 2 aromatic heterocycles. The average molecular weight is 447 g/mol. The molecule has 4 aromatic rings. The van der Waals surface area contributed by atoms with Gasteiger partial charge in [0.15, 0.2) is 0 Å². The maximum Gasteiger partial charge on any atom is 0.237 e. The van der Waals surface area contributed by atoms with Gasteiger partial charge in [0.05, 0.1) is 5.25 Å². The van der Waals surface area contributed by atoms with Crippen molar-refractivity contribution in [2.75, 3.05) is 5.32 Å². The first-order valence-electron chi connectivity index (χ1n) is 10.0. The summed E-state index contributed by atoms with van der Waals surface area (Å²) < 4.78 is 11.3. The molecule has 0 aliphatic carbocycles. The van der Waals surface area contributed by atoms with Crippen molar-refractivity contribution in [1.82, 2.24) is 15.2 Å². The van der Waals surface area contributed by atoms with Gasteiger partial charge in [0.2, 0.25) is 11.1 Å². The molecule has 0 spiro atoms. The summed E-state index contributed by atoms with van der Waals surface area (Å²) in [5, 5.41) is 10.0. The summed E-state index contributed by atoms with van der Waals surface area (Å²) in [6.07, 6.45) is 3.59. The number of carbonyl (C=O) groups excluding carboxylic acids is 1. The normalized spacial score (nSPS) is 12.1. The van der Waals surface area contributed by atoms with Crippen molar-refractivity contribution in [2.24, 2.45) is 0 Å². The topological polar surface area (TPSA) is 93.0 Å². The fourth-order valence-corrected chi connectivity index (χ4v) is 3.51. The number of carbonyl (C=O) groups is 1. The van der Waals surface area contributed by atoms with Crippen molar-refractivity contribution in [3.63, 3.8) is 0 Å². The van der Waals surface area contributed by atoms with Crippen LogP contribution in [0.2, 0.25) is 0 Å². The smallest absolute Gasteiger partial charge is 0.237 e. The van der Waals surface area contributed by atoms with Crippen LogP contribution in [0.5, 0.6) is 11.5 Å². The Hall–Kier alpha value is -3.78. The Balaban J connectivity index is 1.29. The zero-order chi connectivity index (χ0) is 22.3. The van der Waals surface area contributed by atoms with Gasteiger partial charge in [-0.05, 0) is 74.5 Å². The highest BCUT2D eigenvalue weighted by molar-refractivity contribution is 8.00. The number of nitrogens with zero attached hydrogens (tertiary/aromatic N) is 2. The molecule has 0 saturated heterocycles. The summed E-state index contributed by atoms with van der Waals surface area (Å²) in [6.45, 7) is 3.70. The standard InChI is InChI=1S/C24H22N4O3S/c1-16-8-11-20(30-16)14-15-22-26-24(28-27-22)32-17(2)23(29)25-18-9-12-21(13-10-18)31-19-6-4-3-5-7-19/h3-15,17H,1-2H3,(H,25,29)(H,26,27,28)/b15-14+. The van der Waals surface area contributed by atoms with Crippen LogP contribution in [0.15, 0.2) is 76.3 Å². The van der Waals surface area contributed by atoms with Gasteiger partial charge in [-0.25, -0.2) is 4.98 Å². The number of benzene rings is 2. The van der Waals surface area contributed by atoms with Gasteiger partial charge in [-0.3, -0.25) is 9.89 Å². The quantitative estimate of drug-likeness (QED) is 0.333. The molecule has 0 radical (unpaired) electrons. The van der Waals surface area contributed by atoms with Gasteiger partial charge in [0.25, 0.3) is 0 Å². The maximum atomic E-state index is 12.6. The van der Waals surface area contributed by atoms with Crippen LogP contribution in [0.3, 0.4) is 0 Å². The van der Waals surface area contributed by atoms with Crippen molar-refractivity contribution in [3.8, 4) is 11.5 Å². The minimum Gasteiger partial charge on any atom is -0.462 e. The van der Waals surface area contributed by atoms with E-state index in [1.807, 2.05) is 74.5 Å². The number of ether oxygens (including phenoxy) is 1. The first-order valence-corrected chi connectivity index (χ1v) is 10.9. The maximum absolute atomic E-state index is 12.6. The Morgan fingerprint density at radius 1 is 1.06 bits per heavy atom. The molecule has 7 nitrogen and oxygen atoms in total. The van der Waals surface area contributed by atoms with Crippen molar-refractivity contribution in [2.45, 2.75) is 24.3 Å². The molecule has 4 rings (SSSR count). The second-order valence-electron chi connectivity index (χ2n) is 6.97. The minimum absolute atomic E-state index is 0.139. The molecule has 0 saturated carbocycles. The van der Waals surface area contributed by atoms with Gasteiger partial charge in [0, 0.05) is 5.69 Å². The van der Waals surface area contributed by atoms with Crippen LogP contribution in [-0.4, -0.2) is 26.3 Å². The molecule has 0 aliphatic heterocycles. The molecule has 8 heteroatoms. The Morgan fingerprint density at radius 3 is 2.53 bits per heavy atom. The monoisotopic (exact) mass is 446 g/mol. The summed E-state index contributed by atoms with van der Waals surface area (Å²) in [7, 11) is 0. The van der Waals surface area contributed by atoms with E-state index in [0.717, 1.165) is 17.3 Å². The number of aryl methyl sites for hydroxylation is 1. The van der Waals surface area contributed by atoms with E-state index in [9.17, 15) is 4.79 Å². The van der Waals surface area contributed by atoms with E-state index in [0.29, 0.717) is 22.4 Å². The molecule has 32 heavy (non-hydrogen) atoms. The second kappa shape index (κ2) is 10.0. The summed E-state index contributed by atoms with van der Waals surface area (Å²) in [6, 6.07) is 20.5. The predicted molar refractivity (Wildman–Crippen MR) is 126 cm³/mol. The highest BCUT2D eigenvalue weighted by Gasteiger charge is 2.17. The van der Waals surface area contributed by atoms with Gasteiger partial charge in [-0.1, -0.05) is 30.0 Å². The van der Waals surface area contributed by atoms with Crippen LogP contribution >= 0.6 is 11.8 Å². The number of anilines is 1. The number of rotatable bonds is 8. The second-order valence-corrected chi connectivity index (χ2v) is 8.28. The minimum atomic E-state index is -0.379. The molecule has 0 fully saturated rings. The zero-order valence-corrected chi connectivity index (χ0v) is 18.4. The summed E-state index contributed by atoms with van der Waals surface area (Å²) in [5.41, 5.74) is 0.690. The fraction of sp³-hybridized carbons (Fsp3) is 0.125. The molecule has 1 unspecified atom stereocenters. The molecule has 2 N–H and O–H groups in total. The number of nitrogens with one attached hydrogen (secondary N) is 2. The first-order chi connectivity index (χ1) is 15.5. The molecule has 0 aliphatic rings. The van der Waals surface area contributed by atoms with E-state index >= 15 is 0 Å². The van der Waals surface area contributed by atoms with E-state index in [-0.39, 0.29) is 11.2 Å². The number of amides is 1. The number of hydrogen-bond donors (Lipinski definition) is 2. The van der Waals surface area contributed by atoms with Crippen LogP contribution in [0, 0.1) is 6.92 Å². The largest absolute Gasteiger partial charge is 0.462 e. The van der Waals surface area contributed by atoms with Gasteiger partial charge in [-0.15, -0.1) is 5.10 Å². The number of thioether (sulfide) groups is 1. The van der Waals surface area contributed by atoms with Gasteiger partial charge in [0.1, 0.15) is 28.8 Å². The lowest BCUT2D eigenvalue weighted by Gasteiger charge is -2.11. The fourth-order valence-electron chi connectivity index (χ4n) is 2.78. The number of para-hydroxylation sites is 1. The Labute approximate surface area is 189 Å². The summed E-state index contributed by atoms with van der Waals surface area (Å²) in [5.74, 6) is 3.48. The van der Waals surface area contributed by atoms with Crippen LogP contribution in [0.25, 0.3) is 12.2 Å². The van der Waals surface area contributed by atoms with Crippen molar-refractivity contribution >= 4 is 35.5 Å². The molecule has 162 valence electrons. The third kappa shape index (κ3) is 5.89. The van der Waals surface area contributed by atoms with E-state index in [4.69, 9.17) is 9.15 Å². The first kappa shape index (κ1) is 21.5. The third-order valence-electron chi connectivity index (χ3n) is 4.40. The third-order valence-corrected chi connectivity index (χ3v) is 5.36. The summed E-state index contributed by atoms with van der Waals surface area (Å²) >= 11 is 1.27. The molecule has 1 amide bonds. The molecule has 2 aromatic carbocycles. The van der Waals surface area contributed by atoms with E-state index in [1.54, 1.807) is 18.2 Å². The lowest BCUT2D eigenvalue weighted by atomic mass is 10.3. The van der Waals surface area contributed by atoms with Crippen molar-refractivity contribution < 1.29 is 13.9 Å². The highest BCUT2D eigenvalue weighted by atomic mass is 32.2. The molecule has 1 atom stereocenters. The van der Waals surface area contributed by atoms with Crippen LogP contribution in [-0.2, 0) is 4.79 Å². The Kier molecular flexibility index (Phi) is 6.72. The van der Waals surface area contributed by atoms with E-state index < -0.39 is 0 Å². The lowest BCUT2D eigenvalue weighted by Crippen LogP contribution is -2.22. The number of aromatic amines is 1. The Bertz CT molecular complexity index is 1200. The number of hydrogen-bond acceptors (Lipinski definition) is 6. The average Bonchev–Trinajstić information content (AvgIpc) is 3.42. The molecule has 0 bridgehead atoms. The predicted octanol–water partition coefficient (Wildman–Crippen LogP) is 5.79. The van der Waals surface area contributed by atoms with Gasteiger partial charge < -0.3 is 14.5 Å². The zero-order valence-electron chi connectivity index (χ0n) is 17.6. The van der Waals surface area contributed by atoms with Crippen molar-refractivity contribution in [3.05, 3.63) is 84.1 Å². The van der Waals surface area contributed by atoms with E-state index in [1.165, 1.54) is 11.8 Å². The molecular formula is C24H22N4O3S. The highest BCUT2D eigenvalue weighted by Crippen LogP contribution is 2.24. The number of furan rings is 1. The molecular weight excluding hydrogens is 424 g/mol. The summed E-state index contributed by atoms with van der Waals surface area (Å²) in [4.78, 5) is 16.9. The van der Waals surface area contributed by atoms with Gasteiger partial charge in [-0.2, -0.15) is 0 Å². The Morgan fingerprint density at radius 2 is 1.81 bits per heavy atom. The van der Waals surface area contributed by atoms with Crippen LogP contribution in [0.4, 0.5) is 5.69 Å². The SMILES string of the molecule is Cc1ccc(/C=C/c2nc(SC(C)C(=O)Nc3ccc(Oc4ccccc4)cc3)n[nH]2)o1. The van der Waals surface area contributed by atoms with E-state index in [2.05, 4.69) is 20.5 Å². The van der Waals surface area contributed by atoms with Gasteiger partial charge >= 0.3 is 0 Å². The molecule has 2 heterocycles. The number of aromatic nitrogens is 3. The lowest BCUT2D eigenvalue weighted by molar-refractivity contribution is -0.115. The van der Waals surface area contributed by atoms with Crippen LogP contribution < -0.4 is 10.1 Å².